The maximum absolute atomic E-state index is 12.4. The molecule has 8 heteroatoms. The van der Waals surface area contributed by atoms with Crippen LogP contribution in [0.5, 0.6) is 0 Å². The van der Waals surface area contributed by atoms with Crippen LogP contribution in [0.25, 0.3) is 0 Å². The predicted molar refractivity (Wildman–Crippen MR) is 85.7 cm³/mol. The smallest absolute Gasteiger partial charge is 0.273 e. The maximum Gasteiger partial charge on any atom is 0.273 e. The van der Waals surface area contributed by atoms with Crippen LogP contribution in [0.1, 0.15) is 29.0 Å². The number of sulfonamides is 1. The van der Waals surface area contributed by atoms with Crippen LogP contribution in [-0.4, -0.2) is 41.7 Å². The molecule has 3 rings (SSSR count). The molecule has 1 aliphatic rings. The molecule has 0 bridgehead atoms. The molecule has 1 amide bonds. The van der Waals surface area contributed by atoms with Gasteiger partial charge in [-0.05, 0) is 38.0 Å². The van der Waals surface area contributed by atoms with Crippen molar-refractivity contribution >= 4 is 21.7 Å². The summed E-state index contributed by atoms with van der Waals surface area (Å²) >= 11 is 0. The summed E-state index contributed by atoms with van der Waals surface area (Å²) in [7, 11) is -3.52. The Kier molecular flexibility index (Phi) is 4.18. The first-order chi connectivity index (χ1) is 11.0. The molecule has 0 aromatic carbocycles. The lowest BCUT2D eigenvalue weighted by molar-refractivity contribution is 0.102. The van der Waals surface area contributed by atoms with Crippen LogP contribution in [0.2, 0.25) is 0 Å². The molecule has 0 atom stereocenters. The summed E-state index contributed by atoms with van der Waals surface area (Å²) in [5.41, 5.74) is 0.970. The van der Waals surface area contributed by atoms with E-state index in [1.165, 1.54) is 16.6 Å². The Morgan fingerprint density at radius 3 is 2.74 bits per heavy atom. The monoisotopic (exact) mass is 334 g/mol. The van der Waals surface area contributed by atoms with Gasteiger partial charge in [-0.3, -0.25) is 4.79 Å². The third-order valence-electron chi connectivity index (χ3n) is 3.73. The third-order valence-corrected chi connectivity index (χ3v) is 5.61. The number of anilines is 1. The zero-order chi connectivity index (χ0) is 16.4. The Bertz CT molecular complexity index is 823. The molecule has 0 spiro atoms. The molecule has 0 saturated carbocycles. The second kappa shape index (κ2) is 6.13. The van der Waals surface area contributed by atoms with Gasteiger partial charge in [-0.25, -0.2) is 13.4 Å². The van der Waals surface area contributed by atoms with Crippen molar-refractivity contribution in [2.24, 2.45) is 0 Å². The van der Waals surface area contributed by atoms with Gasteiger partial charge in [0.2, 0.25) is 10.0 Å². The fourth-order valence-corrected chi connectivity index (χ4v) is 4.04. The van der Waals surface area contributed by atoms with Gasteiger partial charge in [0.15, 0.2) is 0 Å². The average Bonchev–Trinajstić information content (AvgIpc) is 3.19. The molecule has 2 aromatic heterocycles. The van der Waals surface area contributed by atoms with E-state index < -0.39 is 15.9 Å². The van der Waals surface area contributed by atoms with Crippen molar-refractivity contribution in [3.63, 3.8) is 0 Å². The zero-order valence-corrected chi connectivity index (χ0v) is 13.6. The van der Waals surface area contributed by atoms with Crippen molar-refractivity contribution in [1.29, 1.82) is 0 Å². The molecule has 122 valence electrons. The third kappa shape index (κ3) is 3.27. The van der Waals surface area contributed by atoms with E-state index in [1.54, 1.807) is 12.1 Å². The summed E-state index contributed by atoms with van der Waals surface area (Å²) in [6.07, 6.45) is 3.10. The highest BCUT2D eigenvalue weighted by atomic mass is 32.2. The number of carbonyl (C=O) groups is 1. The van der Waals surface area contributed by atoms with E-state index in [-0.39, 0.29) is 10.6 Å². The standard InChI is InChI=1S/C15H18N4O3S/c1-11-5-4-6-14(17-11)18-15(20)13-9-12(10-16-13)23(21,22)19-7-2-3-8-19/h4-6,9-10,16H,2-3,7-8H2,1H3,(H,17,18,20). The number of aromatic amines is 1. The predicted octanol–water partition coefficient (Wildman–Crippen LogP) is 1.75. The lowest BCUT2D eigenvalue weighted by Gasteiger charge is -2.13. The lowest BCUT2D eigenvalue weighted by atomic mass is 10.3. The molecule has 2 N–H and O–H groups in total. The highest BCUT2D eigenvalue weighted by Crippen LogP contribution is 2.21. The van der Waals surface area contributed by atoms with Gasteiger partial charge in [-0.15, -0.1) is 0 Å². The van der Waals surface area contributed by atoms with Crippen molar-refractivity contribution in [2.75, 3.05) is 18.4 Å². The zero-order valence-electron chi connectivity index (χ0n) is 12.7. The number of carbonyl (C=O) groups excluding carboxylic acids is 1. The molecule has 7 nitrogen and oxygen atoms in total. The first kappa shape index (κ1) is 15.7. The fraction of sp³-hybridized carbons (Fsp3) is 0.333. The SMILES string of the molecule is Cc1cccc(NC(=O)c2cc(S(=O)(=O)N3CCCC3)c[nH]2)n1. The second-order valence-corrected chi connectivity index (χ2v) is 7.42. The Hall–Kier alpha value is -2.19. The van der Waals surface area contributed by atoms with Crippen LogP contribution in [0.3, 0.4) is 0 Å². The normalized spacial score (nSPS) is 15.7. The van der Waals surface area contributed by atoms with E-state index in [9.17, 15) is 13.2 Å². The Morgan fingerprint density at radius 1 is 1.30 bits per heavy atom. The number of hydrogen-bond donors (Lipinski definition) is 2. The molecular formula is C15H18N4O3S. The number of hydrogen-bond acceptors (Lipinski definition) is 4. The van der Waals surface area contributed by atoms with Gasteiger partial charge in [-0.2, -0.15) is 4.31 Å². The molecule has 0 radical (unpaired) electrons. The number of nitrogens with one attached hydrogen (secondary N) is 2. The Morgan fingerprint density at radius 2 is 2.04 bits per heavy atom. The average molecular weight is 334 g/mol. The number of nitrogens with zero attached hydrogens (tertiary/aromatic N) is 2. The van der Waals surface area contributed by atoms with E-state index in [0.29, 0.717) is 18.9 Å². The van der Waals surface area contributed by atoms with Gasteiger partial charge in [0.25, 0.3) is 5.91 Å². The largest absolute Gasteiger partial charge is 0.356 e. The maximum atomic E-state index is 12.4. The van der Waals surface area contributed by atoms with Crippen LogP contribution >= 0.6 is 0 Å². The number of amides is 1. The minimum Gasteiger partial charge on any atom is -0.356 e. The van der Waals surface area contributed by atoms with Gasteiger partial charge in [0.05, 0.1) is 0 Å². The topological polar surface area (TPSA) is 95.2 Å². The molecule has 3 heterocycles. The molecule has 0 unspecified atom stereocenters. The molecule has 1 fully saturated rings. The van der Waals surface area contributed by atoms with E-state index in [4.69, 9.17) is 0 Å². The summed E-state index contributed by atoms with van der Waals surface area (Å²) in [4.78, 5) is 19.2. The molecule has 0 aliphatic carbocycles. The number of rotatable bonds is 4. The van der Waals surface area contributed by atoms with Crippen molar-refractivity contribution < 1.29 is 13.2 Å². The Labute approximate surface area is 134 Å². The number of H-pyrrole nitrogens is 1. The Balaban J connectivity index is 1.77. The minimum atomic E-state index is -3.52. The quantitative estimate of drug-likeness (QED) is 0.890. The van der Waals surface area contributed by atoms with Crippen LogP contribution in [-0.2, 0) is 10.0 Å². The first-order valence-electron chi connectivity index (χ1n) is 7.40. The summed E-state index contributed by atoms with van der Waals surface area (Å²) in [5, 5.41) is 2.64. The second-order valence-electron chi connectivity index (χ2n) is 5.48. The van der Waals surface area contributed by atoms with Gasteiger partial charge in [0.1, 0.15) is 16.4 Å². The molecule has 1 aliphatic heterocycles. The fourth-order valence-electron chi connectivity index (χ4n) is 2.53. The summed E-state index contributed by atoms with van der Waals surface area (Å²) in [6.45, 7) is 2.88. The number of pyridine rings is 1. The minimum absolute atomic E-state index is 0.113. The van der Waals surface area contributed by atoms with Crippen molar-refractivity contribution in [3.8, 4) is 0 Å². The highest BCUT2D eigenvalue weighted by molar-refractivity contribution is 7.89. The van der Waals surface area contributed by atoms with Crippen LogP contribution < -0.4 is 5.32 Å². The summed E-state index contributed by atoms with van der Waals surface area (Å²) in [6, 6.07) is 6.65. The summed E-state index contributed by atoms with van der Waals surface area (Å²) in [5.74, 6) is -0.000443. The van der Waals surface area contributed by atoms with E-state index >= 15 is 0 Å². The van der Waals surface area contributed by atoms with Crippen LogP contribution in [0, 0.1) is 6.92 Å². The van der Waals surface area contributed by atoms with Gasteiger partial charge >= 0.3 is 0 Å². The number of aromatic nitrogens is 2. The summed E-state index contributed by atoms with van der Waals surface area (Å²) < 4.78 is 26.3. The van der Waals surface area contributed by atoms with Gasteiger partial charge in [-0.1, -0.05) is 6.07 Å². The van der Waals surface area contributed by atoms with Crippen molar-refractivity contribution in [3.05, 3.63) is 41.9 Å². The van der Waals surface area contributed by atoms with Crippen molar-refractivity contribution in [2.45, 2.75) is 24.7 Å². The molecule has 1 saturated heterocycles. The van der Waals surface area contributed by atoms with Crippen molar-refractivity contribution in [1.82, 2.24) is 14.3 Å². The van der Waals surface area contributed by atoms with E-state index in [0.717, 1.165) is 18.5 Å². The van der Waals surface area contributed by atoms with E-state index in [1.807, 2.05) is 13.0 Å². The molecule has 23 heavy (non-hydrogen) atoms. The van der Waals surface area contributed by atoms with Crippen LogP contribution in [0.4, 0.5) is 5.82 Å². The number of aryl methyl sites for hydroxylation is 1. The highest BCUT2D eigenvalue weighted by Gasteiger charge is 2.28. The first-order valence-corrected chi connectivity index (χ1v) is 8.84. The van der Waals surface area contributed by atoms with Gasteiger partial charge in [0, 0.05) is 25.0 Å². The lowest BCUT2D eigenvalue weighted by Crippen LogP contribution is -2.27. The van der Waals surface area contributed by atoms with Crippen LogP contribution in [0.15, 0.2) is 35.4 Å². The van der Waals surface area contributed by atoms with E-state index in [2.05, 4.69) is 15.3 Å². The molecule has 2 aromatic rings. The van der Waals surface area contributed by atoms with Gasteiger partial charge < -0.3 is 10.3 Å². The molecular weight excluding hydrogens is 316 g/mol.